The predicted octanol–water partition coefficient (Wildman–Crippen LogP) is 2.57. The van der Waals surface area contributed by atoms with Crippen LogP contribution in [-0.4, -0.2) is 6.29 Å². The first kappa shape index (κ1) is 9.02. The van der Waals surface area contributed by atoms with Gasteiger partial charge in [0.1, 0.15) is 6.29 Å². The molecule has 1 aliphatic carbocycles. The standard InChI is InChI=1S/C13H12O/c1-10-8-12(5-4-11-2-3-11)6-7-13(10)9-14/h6-9,11H,2-3H2,1H3. The predicted molar refractivity (Wildman–Crippen MR) is 56.2 cm³/mol. The summed E-state index contributed by atoms with van der Waals surface area (Å²) in [5.74, 6) is 6.96. The van der Waals surface area contributed by atoms with Gasteiger partial charge in [-0.05, 0) is 37.5 Å². The number of benzene rings is 1. The molecule has 1 fully saturated rings. The van der Waals surface area contributed by atoms with Gasteiger partial charge in [0, 0.05) is 17.0 Å². The van der Waals surface area contributed by atoms with Gasteiger partial charge in [-0.2, -0.15) is 0 Å². The summed E-state index contributed by atoms with van der Waals surface area (Å²) in [6, 6.07) is 5.71. The van der Waals surface area contributed by atoms with E-state index in [9.17, 15) is 4.79 Å². The van der Waals surface area contributed by atoms with Gasteiger partial charge in [0.25, 0.3) is 0 Å². The van der Waals surface area contributed by atoms with Crippen molar-refractivity contribution in [3.63, 3.8) is 0 Å². The van der Waals surface area contributed by atoms with E-state index in [1.807, 2.05) is 25.1 Å². The molecule has 1 heteroatoms. The van der Waals surface area contributed by atoms with Crippen molar-refractivity contribution in [1.82, 2.24) is 0 Å². The van der Waals surface area contributed by atoms with Crippen molar-refractivity contribution >= 4 is 6.29 Å². The molecule has 1 aliphatic rings. The van der Waals surface area contributed by atoms with Crippen molar-refractivity contribution in [3.8, 4) is 11.8 Å². The Kier molecular flexibility index (Phi) is 2.37. The molecule has 2 rings (SSSR count). The zero-order valence-corrected chi connectivity index (χ0v) is 8.21. The number of aldehydes is 1. The lowest BCUT2D eigenvalue weighted by molar-refractivity contribution is 0.112. The van der Waals surface area contributed by atoms with Gasteiger partial charge in [0.05, 0.1) is 0 Å². The molecule has 1 saturated carbocycles. The van der Waals surface area contributed by atoms with Crippen LogP contribution in [-0.2, 0) is 0 Å². The van der Waals surface area contributed by atoms with E-state index in [1.165, 1.54) is 12.8 Å². The molecular weight excluding hydrogens is 172 g/mol. The van der Waals surface area contributed by atoms with Crippen LogP contribution < -0.4 is 0 Å². The van der Waals surface area contributed by atoms with Crippen LogP contribution in [0.25, 0.3) is 0 Å². The summed E-state index contributed by atoms with van der Waals surface area (Å²) in [6.45, 7) is 1.94. The van der Waals surface area contributed by atoms with Crippen molar-refractivity contribution in [2.24, 2.45) is 5.92 Å². The fraction of sp³-hybridized carbons (Fsp3) is 0.308. The average Bonchev–Trinajstić information content (AvgIpc) is 2.98. The van der Waals surface area contributed by atoms with Gasteiger partial charge in [-0.25, -0.2) is 0 Å². The molecule has 0 spiro atoms. The zero-order chi connectivity index (χ0) is 9.97. The van der Waals surface area contributed by atoms with Crippen molar-refractivity contribution < 1.29 is 4.79 Å². The molecule has 0 aromatic heterocycles. The third-order valence-corrected chi connectivity index (χ3v) is 2.39. The quantitative estimate of drug-likeness (QED) is 0.484. The first-order valence-electron chi connectivity index (χ1n) is 4.87. The molecule has 1 nitrogen and oxygen atoms in total. The average molecular weight is 184 g/mol. The van der Waals surface area contributed by atoms with Crippen LogP contribution in [0, 0.1) is 24.7 Å². The summed E-state index contributed by atoms with van der Waals surface area (Å²) in [5.41, 5.74) is 2.77. The second kappa shape index (κ2) is 3.67. The molecule has 0 N–H and O–H groups in total. The highest BCUT2D eigenvalue weighted by Gasteiger charge is 2.17. The van der Waals surface area contributed by atoms with Crippen molar-refractivity contribution in [2.45, 2.75) is 19.8 Å². The van der Waals surface area contributed by atoms with Gasteiger partial charge in [-0.1, -0.05) is 17.9 Å². The molecule has 0 aliphatic heterocycles. The number of hydrogen-bond donors (Lipinski definition) is 0. The second-order valence-electron chi connectivity index (χ2n) is 3.73. The highest BCUT2D eigenvalue weighted by Crippen LogP contribution is 2.27. The fourth-order valence-electron chi connectivity index (χ4n) is 1.30. The summed E-state index contributed by atoms with van der Waals surface area (Å²) >= 11 is 0. The van der Waals surface area contributed by atoms with E-state index in [2.05, 4.69) is 11.8 Å². The molecule has 0 atom stereocenters. The van der Waals surface area contributed by atoms with Crippen LogP contribution in [0.1, 0.15) is 34.3 Å². The largest absolute Gasteiger partial charge is 0.298 e. The first-order chi connectivity index (χ1) is 6.79. The highest BCUT2D eigenvalue weighted by molar-refractivity contribution is 5.77. The highest BCUT2D eigenvalue weighted by atomic mass is 16.1. The monoisotopic (exact) mass is 184 g/mol. The van der Waals surface area contributed by atoms with E-state index < -0.39 is 0 Å². The number of carbonyl (C=O) groups is 1. The smallest absolute Gasteiger partial charge is 0.150 e. The van der Waals surface area contributed by atoms with Crippen LogP contribution in [0.4, 0.5) is 0 Å². The van der Waals surface area contributed by atoms with Gasteiger partial charge < -0.3 is 0 Å². The summed E-state index contributed by atoms with van der Waals surface area (Å²) < 4.78 is 0. The van der Waals surface area contributed by atoms with Crippen molar-refractivity contribution in [3.05, 3.63) is 34.9 Å². The Bertz CT molecular complexity index is 417. The van der Waals surface area contributed by atoms with Crippen LogP contribution in [0.5, 0.6) is 0 Å². The minimum atomic E-state index is 0.626. The van der Waals surface area contributed by atoms with E-state index in [1.54, 1.807) is 0 Å². The molecule has 70 valence electrons. The molecule has 0 unspecified atom stereocenters. The van der Waals surface area contributed by atoms with Crippen LogP contribution >= 0.6 is 0 Å². The van der Waals surface area contributed by atoms with Gasteiger partial charge in [-0.3, -0.25) is 4.79 Å². The Morgan fingerprint density at radius 1 is 1.43 bits per heavy atom. The van der Waals surface area contributed by atoms with Crippen LogP contribution in [0.3, 0.4) is 0 Å². The topological polar surface area (TPSA) is 17.1 Å². The van der Waals surface area contributed by atoms with Gasteiger partial charge in [0.2, 0.25) is 0 Å². The summed E-state index contributed by atoms with van der Waals surface area (Å²) in [7, 11) is 0. The van der Waals surface area contributed by atoms with Crippen LogP contribution in [0.15, 0.2) is 18.2 Å². The molecule has 14 heavy (non-hydrogen) atoms. The normalized spacial score (nSPS) is 14.4. The number of rotatable bonds is 1. The number of aryl methyl sites for hydroxylation is 1. The molecule has 1 aromatic carbocycles. The lowest BCUT2D eigenvalue weighted by Gasteiger charge is -1.97. The minimum Gasteiger partial charge on any atom is -0.298 e. The maximum atomic E-state index is 10.6. The van der Waals surface area contributed by atoms with E-state index in [4.69, 9.17) is 0 Å². The molecule has 0 heterocycles. The molecule has 0 saturated heterocycles. The summed E-state index contributed by atoms with van der Waals surface area (Å²) in [4.78, 5) is 10.6. The lowest BCUT2D eigenvalue weighted by Crippen LogP contribution is -1.86. The van der Waals surface area contributed by atoms with Crippen molar-refractivity contribution in [2.75, 3.05) is 0 Å². The number of hydrogen-bond acceptors (Lipinski definition) is 1. The zero-order valence-electron chi connectivity index (χ0n) is 8.21. The van der Waals surface area contributed by atoms with Gasteiger partial charge in [0.15, 0.2) is 0 Å². The van der Waals surface area contributed by atoms with E-state index in [-0.39, 0.29) is 0 Å². The third-order valence-electron chi connectivity index (χ3n) is 2.39. The molecule has 0 amide bonds. The van der Waals surface area contributed by atoms with Gasteiger partial charge >= 0.3 is 0 Å². The first-order valence-corrected chi connectivity index (χ1v) is 4.87. The van der Waals surface area contributed by atoms with E-state index >= 15 is 0 Å². The van der Waals surface area contributed by atoms with Gasteiger partial charge in [-0.15, -0.1) is 0 Å². The number of carbonyl (C=O) groups excluding carboxylic acids is 1. The molecule has 1 aromatic rings. The van der Waals surface area contributed by atoms with E-state index in [0.717, 1.165) is 23.0 Å². The Morgan fingerprint density at radius 2 is 2.21 bits per heavy atom. The Labute approximate surface area is 84.1 Å². The Balaban J connectivity index is 2.24. The van der Waals surface area contributed by atoms with Crippen LogP contribution in [0.2, 0.25) is 0 Å². The fourth-order valence-corrected chi connectivity index (χ4v) is 1.30. The minimum absolute atomic E-state index is 0.626. The molecular formula is C13H12O. The Morgan fingerprint density at radius 3 is 2.79 bits per heavy atom. The van der Waals surface area contributed by atoms with Crippen molar-refractivity contribution in [1.29, 1.82) is 0 Å². The summed E-state index contributed by atoms with van der Waals surface area (Å²) in [5, 5.41) is 0. The van der Waals surface area contributed by atoms with E-state index in [0.29, 0.717) is 5.92 Å². The SMILES string of the molecule is Cc1cc(C#CC2CC2)ccc1C=O. The maximum absolute atomic E-state index is 10.6. The Hall–Kier alpha value is -1.55. The maximum Gasteiger partial charge on any atom is 0.150 e. The summed E-state index contributed by atoms with van der Waals surface area (Å²) in [6.07, 6.45) is 3.38. The lowest BCUT2D eigenvalue weighted by atomic mass is 10.1. The molecule has 0 bridgehead atoms. The second-order valence-corrected chi connectivity index (χ2v) is 3.73. The third kappa shape index (κ3) is 2.03. The molecule has 0 radical (unpaired) electrons.